The van der Waals surface area contributed by atoms with Crippen molar-refractivity contribution >= 4 is 16.8 Å². The lowest BCUT2D eigenvalue weighted by molar-refractivity contribution is -0.113. The first-order valence-electron chi connectivity index (χ1n) is 2.99. The number of carbonyl (C=O) groups is 1. The highest BCUT2D eigenvalue weighted by molar-refractivity contribution is 6.64. The van der Waals surface area contributed by atoms with Gasteiger partial charge in [0.1, 0.15) is 0 Å². The Morgan fingerprint density at radius 1 is 1.67 bits per heavy atom. The molecule has 0 bridgehead atoms. The fourth-order valence-corrected chi connectivity index (χ4v) is 0.690. The summed E-state index contributed by atoms with van der Waals surface area (Å²) in [6.07, 6.45) is 0.669. The average molecular weight is 150 g/mol. The average Bonchev–Trinajstić information content (AvgIpc) is 1.63. The Balaban J connectivity index is 3.50. The van der Waals surface area contributed by atoms with Gasteiger partial charge in [0.2, 0.25) is 5.24 Å². The zero-order valence-corrected chi connectivity index (χ0v) is 6.48. The van der Waals surface area contributed by atoms with Crippen LogP contribution in [0.1, 0.15) is 20.3 Å². The van der Waals surface area contributed by atoms with Crippen LogP contribution in [0.3, 0.4) is 0 Å². The minimum Gasteiger partial charge on any atom is -0.320 e. The van der Waals surface area contributed by atoms with E-state index in [1.165, 1.54) is 0 Å². The Labute approximate surface area is 60.4 Å². The Hall–Kier alpha value is -0.0800. The fourth-order valence-electron chi connectivity index (χ4n) is 0.601. The normalized spacial score (nSPS) is 13.9. The number of nitrogens with two attached hydrogens (primary N) is 1. The van der Waals surface area contributed by atoms with Crippen molar-refractivity contribution in [3.63, 3.8) is 0 Å². The van der Waals surface area contributed by atoms with Gasteiger partial charge in [0.25, 0.3) is 0 Å². The summed E-state index contributed by atoms with van der Waals surface area (Å²) >= 11 is 5.11. The first kappa shape index (κ1) is 8.92. The lowest BCUT2D eigenvalue weighted by atomic mass is 10.1. The van der Waals surface area contributed by atoms with Crippen molar-refractivity contribution in [2.24, 2.45) is 11.7 Å². The molecule has 0 aromatic carbocycles. The van der Waals surface area contributed by atoms with E-state index in [9.17, 15) is 4.79 Å². The van der Waals surface area contributed by atoms with Gasteiger partial charge in [-0.05, 0) is 23.9 Å². The van der Waals surface area contributed by atoms with Gasteiger partial charge < -0.3 is 5.73 Å². The van der Waals surface area contributed by atoms with Crippen LogP contribution in [0, 0.1) is 5.92 Å². The van der Waals surface area contributed by atoms with Gasteiger partial charge in [0, 0.05) is 0 Å². The number of rotatable bonds is 3. The maximum atomic E-state index is 10.3. The minimum absolute atomic E-state index is 0.433. The summed E-state index contributed by atoms with van der Waals surface area (Å²) < 4.78 is 0. The number of hydrogen-bond acceptors (Lipinski definition) is 2. The van der Waals surface area contributed by atoms with Crippen LogP contribution >= 0.6 is 11.6 Å². The van der Waals surface area contributed by atoms with Gasteiger partial charge in [0.15, 0.2) is 0 Å². The predicted octanol–water partition coefficient (Wildman–Crippen LogP) is 1.13. The number of hydrogen-bond donors (Lipinski definition) is 1. The van der Waals surface area contributed by atoms with E-state index >= 15 is 0 Å². The van der Waals surface area contributed by atoms with Gasteiger partial charge in [-0.15, -0.1) is 0 Å². The van der Waals surface area contributed by atoms with Crippen molar-refractivity contribution in [2.45, 2.75) is 26.3 Å². The second-order valence-corrected chi connectivity index (χ2v) is 2.91. The van der Waals surface area contributed by atoms with E-state index in [0.717, 1.165) is 0 Å². The SMILES string of the molecule is CC(C)CC(N)C(=O)Cl. The zero-order valence-electron chi connectivity index (χ0n) is 5.73. The summed E-state index contributed by atoms with van der Waals surface area (Å²) in [7, 11) is 0. The summed E-state index contributed by atoms with van der Waals surface area (Å²) in [5.41, 5.74) is 5.34. The van der Waals surface area contributed by atoms with Crippen molar-refractivity contribution < 1.29 is 4.79 Å². The molecule has 0 radical (unpaired) electrons. The first-order chi connectivity index (χ1) is 4.04. The van der Waals surface area contributed by atoms with Crippen LogP contribution in [0.25, 0.3) is 0 Å². The molecule has 2 nitrogen and oxygen atoms in total. The summed E-state index contributed by atoms with van der Waals surface area (Å²) in [5, 5.41) is -0.441. The van der Waals surface area contributed by atoms with Crippen LogP contribution in [0.4, 0.5) is 0 Å². The monoisotopic (exact) mass is 149 g/mol. The van der Waals surface area contributed by atoms with Gasteiger partial charge >= 0.3 is 0 Å². The number of carbonyl (C=O) groups excluding carboxylic acids is 1. The molecular weight excluding hydrogens is 138 g/mol. The molecule has 9 heavy (non-hydrogen) atoms. The van der Waals surface area contributed by atoms with Gasteiger partial charge in [-0.3, -0.25) is 4.79 Å². The smallest absolute Gasteiger partial charge is 0.238 e. The zero-order chi connectivity index (χ0) is 7.44. The van der Waals surface area contributed by atoms with Gasteiger partial charge in [-0.1, -0.05) is 13.8 Å². The lowest BCUT2D eigenvalue weighted by Crippen LogP contribution is -2.28. The minimum atomic E-state index is -0.480. The maximum Gasteiger partial charge on any atom is 0.238 e. The molecule has 0 fully saturated rings. The second-order valence-electron chi connectivity index (χ2n) is 2.54. The molecule has 0 aliphatic rings. The van der Waals surface area contributed by atoms with Gasteiger partial charge in [0.05, 0.1) is 6.04 Å². The van der Waals surface area contributed by atoms with E-state index in [4.69, 9.17) is 17.3 Å². The van der Waals surface area contributed by atoms with Crippen LogP contribution in [0.2, 0.25) is 0 Å². The topological polar surface area (TPSA) is 43.1 Å². The third-order valence-electron chi connectivity index (χ3n) is 1.02. The standard InChI is InChI=1S/C6H12ClNO/c1-4(2)3-5(8)6(7)9/h4-5H,3,8H2,1-2H3. The largest absolute Gasteiger partial charge is 0.320 e. The van der Waals surface area contributed by atoms with Crippen LogP contribution in [0.5, 0.6) is 0 Å². The summed E-state index contributed by atoms with van der Waals surface area (Å²) in [6.45, 7) is 4.00. The highest BCUT2D eigenvalue weighted by Crippen LogP contribution is 2.04. The molecule has 0 aliphatic carbocycles. The molecule has 0 aromatic rings. The highest BCUT2D eigenvalue weighted by atomic mass is 35.5. The predicted molar refractivity (Wildman–Crippen MR) is 38.3 cm³/mol. The van der Waals surface area contributed by atoms with E-state index in [1.807, 2.05) is 13.8 Å². The molecule has 1 atom stereocenters. The van der Waals surface area contributed by atoms with Crippen molar-refractivity contribution in [3.05, 3.63) is 0 Å². The van der Waals surface area contributed by atoms with Crippen molar-refractivity contribution in [1.29, 1.82) is 0 Å². The van der Waals surface area contributed by atoms with Gasteiger partial charge in [-0.25, -0.2) is 0 Å². The van der Waals surface area contributed by atoms with Gasteiger partial charge in [-0.2, -0.15) is 0 Å². The molecule has 0 heterocycles. The Bertz CT molecular complexity index is 103. The van der Waals surface area contributed by atoms with E-state index in [2.05, 4.69) is 0 Å². The molecule has 3 heteroatoms. The van der Waals surface area contributed by atoms with Crippen LogP contribution in [-0.4, -0.2) is 11.3 Å². The third-order valence-corrected chi connectivity index (χ3v) is 1.30. The Morgan fingerprint density at radius 3 is 2.22 bits per heavy atom. The highest BCUT2D eigenvalue weighted by Gasteiger charge is 2.10. The maximum absolute atomic E-state index is 10.3. The molecule has 2 N–H and O–H groups in total. The number of halogens is 1. The summed E-state index contributed by atoms with van der Waals surface area (Å²) in [4.78, 5) is 10.3. The quantitative estimate of drug-likeness (QED) is 0.612. The molecule has 1 unspecified atom stereocenters. The molecule has 0 amide bonds. The van der Waals surface area contributed by atoms with Crippen LogP contribution in [0.15, 0.2) is 0 Å². The molecule has 0 saturated heterocycles. The molecule has 54 valence electrons. The molecule has 0 spiro atoms. The molecule has 0 aromatic heterocycles. The van der Waals surface area contributed by atoms with Crippen molar-refractivity contribution in [1.82, 2.24) is 0 Å². The van der Waals surface area contributed by atoms with E-state index in [0.29, 0.717) is 12.3 Å². The third kappa shape index (κ3) is 4.43. The van der Waals surface area contributed by atoms with Crippen LogP contribution in [-0.2, 0) is 4.79 Å². The molecule has 0 rings (SSSR count). The Morgan fingerprint density at radius 2 is 2.11 bits per heavy atom. The second kappa shape index (κ2) is 3.85. The van der Waals surface area contributed by atoms with Crippen LogP contribution < -0.4 is 5.73 Å². The summed E-state index contributed by atoms with van der Waals surface area (Å²) in [5.74, 6) is 0.433. The fraction of sp³-hybridized carbons (Fsp3) is 0.833. The summed E-state index contributed by atoms with van der Waals surface area (Å²) in [6, 6.07) is -0.480. The van der Waals surface area contributed by atoms with Crippen molar-refractivity contribution in [2.75, 3.05) is 0 Å². The Kier molecular flexibility index (Phi) is 3.82. The molecular formula is C6H12ClNO. The molecule has 0 saturated carbocycles. The van der Waals surface area contributed by atoms with E-state index in [1.54, 1.807) is 0 Å². The molecule has 0 aliphatic heterocycles. The van der Waals surface area contributed by atoms with E-state index < -0.39 is 11.3 Å². The first-order valence-corrected chi connectivity index (χ1v) is 3.36. The van der Waals surface area contributed by atoms with E-state index in [-0.39, 0.29) is 0 Å². The van der Waals surface area contributed by atoms with Crippen molar-refractivity contribution in [3.8, 4) is 0 Å². The lowest BCUT2D eigenvalue weighted by Gasteiger charge is -2.07.